The maximum absolute atomic E-state index is 5.38. The maximum Gasteiger partial charge on any atom is 0.231 e. The Morgan fingerprint density at radius 1 is 1.17 bits per heavy atom. The first kappa shape index (κ1) is 15.2. The number of hydrazone groups is 1. The zero-order valence-corrected chi connectivity index (χ0v) is 14.8. The second-order valence-corrected chi connectivity index (χ2v) is 6.71. The molecule has 7 heteroatoms. The Kier molecular flexibility index (Phi) is 4.18. The third-order valence-corrected chi connectivity index (χ3v) is 4.86. The van der Waals surface area contributed by atoms with E-state index in [9.17, 15) is 0 Å². The number of anilines is 1. The monoisotopic (exact) mass is 401 g/mol. The summed E-state index contributed by atoms with van der Waals surface area (Å²) in [6.45, 7) is 0.252. The van der Waals surface area contributed by atoms with Crippen LogP contribution in [0.3, 0.4) is 0 Å². The van der Waals surface area contributed by atoms with E-state index in [0.29, 0.717) is 0 Å². The molecule has 1 aliphatic heterocycles. The Bertz CT molecular complexity index is 896. The molecule has 3 aromatic rings. The lowest BCUT2D eigenvalue weighted by molar-refractivity contribution is 0.174. The van der Waals surface area contributed by atoms with Crippen LogP contribution >= 0.6 is 27.3 Å². The smallest absolute Gasteiger partial charge is 0.231 e. The molecule has 0 fully saturated rings. The second-order valence-electron chi connectivity index (χ2n) is 5.00. The van der Waals surface area contributed by atoms with Gasteiger partial charge < -0.3 is 9.47 Å². The Morgan fingerprint density at radius 2 is 1.96 bits per heavy atom. The SMILES string of the molecule is Brc1cc2c(cc1C=NNc1nc(-c3ccccc3)cs1)OCO2. The van der Waals surface area contributed by atoms with Crippen molar-refractivity contribution >= 4 is 38.6 Å². The normalized spacial score (nSPS) is 12.7. The first-order valence-corrected chi connectivity index (χ1v) is 8.86. The summed E-state index contributed by atoms with van der Waals surface area (Å²) in [5.41, 5.74) is 5.88. The number of nitrogens with zero attached hydrogens (tertiary/aromatic N) is 2. The van der Waals surface area contributed by atoms with Gasteiger partial charge in [-0.05, 0) is 28.1 Å². The molecule has 0 saturated heterocycles. The standard InChI is InChI=1S/C17H12BrN3O2S/c18-13-7-16-15(22-10-23-16)6-12(13)8-19-21-17-20-14(9-24-17)11-4-2-1-3-5-11/h1-9H,10H2,(H,20,21). The number of thiazole rings is 1. The first-order chi connectivity index (χ1) is 11.8. The average molecular weight is 402 g/mol. The molecule has 0 spiro atoms. The highest BCUT2D eigenvalue weighted by molar-refractivity contribution is 9.10. The van der Waals surface area contributed by atoms with Crippen LogP contribution in [0.5, 0.6) is 11.5 Å². The van der Waals surface area contributed by atoms with Gasteiger partial charge in [-0.2, -0.15) is 5.10 Å². The van der Waals surface area contributed by atoms with Crippen LogP contribution in [0.15, 0.2) is 57.4 Å². The molecule has 0 amide bonds. The van der Waals surface area contributed by atoms with Gasteiger partial charge in [0.1, 0.15) is 0 Å². The molecule has 5 nitrogen and oxygen atoms in total. The Labute approximate surface area is 151 Å². The van der Waals surface area contributed by atoms with Crippen molar-refractivity contribution in [1.29, 1.82) is 0 Å². The van der Waals surface area contributed by atoms with E-state index in [1.807, 2.05) is 47.8 Å². The molecular weight excluding hydrogens is 390 g/mol. The van der Waals surface area contributed by atoms with Crippen LogP contribution in [0.2, 0.25) is 0 Å². The molecule has 1 aliphatic rings. The predicted octanol–water partition coefficient (Wildman–Crippen LogP) is 4.75. The van der Waals surface area contributed by atoms with Gasteiger partial charge in [-0.15, -0.1) is 11.3 Å². The highest BCUT2D eigenvalue weighted by Crippen LogP contribution is 2.36. The minimum Gasteiger partial charge on any atom is -0.454 e. The summed E-state index contributed by atoms with van der Waals surface area (Å²) >= 11 is 5.01. The largest absolute Gasteiger partial charge is 0.454 e. The van der Waals surface area contributed by atoms with Gasteiger partial charge in [-0.3, -0.25) is 5.43 Å². The van der Waals surface area contributed by atoms with Crippen molar-refractivity contribution in [2.24, 2.45) is 5.10 Å². The van der Waals surface area contributed by atoms with Gasteiger partial charge in [0, 0.05) is 21.0 Å². The third-order valence-electron chi connectivity index (χ3n) is 3.43. The topological polar surface area (TPSA) is 55.7 Å². The minimum absolute atomic E-state index is 0.252. The number of aromatic nitrogens is 1. The summed E-state index contributed by atoms with van der Waals surface area (Å²) in [5, 5.41) is 6.99. The van der Waals surface area contributed by atoms with Crippen LogP contribution < -0.4 is 14.9 Å². The highest BCUT2D eigenvalue weighted by Gasteiger charge is 2.15. The van der Waals surface area contributed by atoms with Crippen LogP contribution in [-0.2, 0) is 0 Å². The molecule has 24 heavy (non-hydrogen) atoms. The van der Waals surface area contributed by atoms with E-state index in [1.54, 1.807) is 6.21 Å². The van der Waals surface area contributed by atoms with Gasteiger partial charge in [0.15, 0.2) is 11.5 Å². The van der Waals surface area contributed by atoms with Crippen molar-refractivity contribution in [1.82, 2.24) is 4.98 Å². The van der Waals surface area contributed by atoms with Crippen molar-refractivity contribution in [3.63, 3.8) is 0 Å². The Balaban J connectivity index is 1.48. The van der Waals surface area contributed by atoms with Crippen molar-refractivity contribution in [2.45, 2.75) is 0 Å². The molecule has 0 radical (unpaired) electrons. The van der Waals surface area contributed by atoms with Crippen LogP contribution in [0, 0.1) is 0 Å². The van der Waals surface area contributed by atoms with E-state index in [0.717, 1.165) is 37.9 Å². The zero-order valence-electron chi connectivity index (χ0n) is 12.4. The van der Waals surface area contributed by atoms with E-state index in [-0.39, 0.29) is 6.79 Å². The molecule has 0 aliphatic carbocycles. The summed E-state index contributed by atoms with van der Waals surface area (Å²) in [5.74, 6) is 1.46. The predicted molar refractivity (Wildman–Crippen MR) is 99.0 cm³/mol. The number of halogens is 1. The fourth-order valence-electron chi connectivity index (χ4n) is 2.26. The van der Waals surface area contributed by atoms with Crippen molar-refractivity contribution in [2.75, 3.05) is 12.2 Å². The highest BCUT2D eigenvalue weighted by atomic mass is 79.9. The van der Waals surface area contributed by atoms with E-state index < -0.39 is 0 Å². The number of hydrogen-bond donors (Lipinski definition) is 1. The van der Waals surface area contributed by atoms with Gasteiger partial charge in [-0.1, -0.05) is 30.3 Å². The molecule has 1 aromatic heterocycles. The first-order valence-electron chi connectivity index (χ1n) is 7.19. The van der Waals surface area contributed by atoms with Crippen LogP contribution in [0.4, 0.5) is 5.13 Å². The summed E-state index contributed by atoms with van der Waals surface area (Å²) in [4.78, 5) is 4.53. The van der Waals surface area contributed by atoms with Gasteiger partial charge in [-0.25, -0.2) is 4.98 Å². The number of ether oxygens (including phenoxy) is 2. The van der Waals surface area contributed by atoms with E-state index >= 15 is 0 Å². The lowest BCUT2D eigenvalue weighted by Crippen LogP contribution is -1.93. The van der Waals surface area contributed by atoms with Crippen molar-refractivity contribution in [3.8, 4) is 22.8 Å². The molecule has 2 aromatic carbocycles. The minimum atomic E-state index is 0.252. The molecule has 0 unspecified atom stereocenters. The lowest BCUT2D eigenvalue weighted by atomic mass is 10.2. The second kappa shape index (κ2) is 6.62. The third kappa shape index (κ3) is 3.13. The molecule has 1 N–H and O–H groups in total. The van der Waals surface area contributed by atoms with Gasteiger partial charge in [0.05, 0.1) is 11.9 Å². The zero-order chi connectivity index (χ0) is 16.4. The number of fused-ring (bicyclic) bond motifs is 1. The molecule has 4 rings (SSSR count). The summed E-state index contributed by atoms with van der Waals surface area (Å²) in [6, 6.07) is 13.8. The van der Waals surface area contributed by atoms with Crippen molar-refractivity contribution in [3.05, 3.63) is 57.9 Å². The van der Waals surface area contributed by atoms with Crippen LogP contribution in [0.1, 0.15) is 5.56 Å². The number of nitrogens with one attached hydrogen (secondary N) is 1. The molecule has 0 saturated carbocycles. The van der Waals surface area contributed by atoms with E-state index in [1.165, 1.54) is 11.3 Å². The summed E-state index contributed by atoms with van der Waals surface area (Å²) < 4.78 is 11.6. The number of benzene rings is 2. The van der Waals surface area contributed by atoms with Crippen molar-refractivity contribution < 1.29 is 9.47 Å². The Hall–Kier alpha value is -2.38. The number of hydrogen-bond acceptors (Lipinski definition) is 6. The van der Waals surface area contributed by atoms with Gasteiger partial charge in [0.2, 0.25) is 11.9 Å². The fraction of sp³-hybridized carbons (Fsp3) is 0.0588. The molecule has 0 bridgehead atoms. The fourth-order valence-corrected chi connectivity index (χ4v) is 3.35. The van der Waals surface area contributed by atoms with Gasteiger partial charge in [0.25, 0.3) is 0 Å². The van der Waals surface area contributed by atoms with E-state index in [2.05, 4.69) is 31.4 Å². The summed E-state index contributed by atoms with van der Waals surface area (Å²) in [6.07, 6.45) is 1.72. The number of rotatable bonds is 4. The maximum atomic E-state index is 5.38. The van der Waals surface area contributed by atoms with Crippen LogP contribution in [0.25, 0.3) is 11.3 Å². The quantitative estimate of drug-likeness (QED) is 0.506. The lowest BCUT2D eigenvalue weighted by Gasteiger charge is -2.01. The Morgan fingerprint density at radius 3 is 2.79 bits per heavy atom. The summed E-state index contributed by atoms with van der Waals surface area (Å²) in [7, 11) is 0. The average Bonchev–Trinajstić information content (AvgIpc) is 3.25. The van der Waals surface area contributed by atoms with E-state index in [4.69, 9.17) is 9.47 Å². The molecular formula is C17H12BrN3O2S. The van der Waals surface area contributed by atoms with Gasteiger partial charge >= 0.3 is 0 Å². The molecule has 2 heterocycles. The molecule has 120 valence electrons. The van der Waals surface area contributed by atoms with Crippen LogP contribution in [-0.4, -0.2) is 18.0 Å². The molecule has 0 atom stereocenters.